The summed E-state index contributed by atoms with van der Waals surface area (Å²) < 4.78 is 9.85. The van der Waals surface area contributed by atoms with Crippen LogP contribution in [0.1, 0.15) is 27.2 Å². The van der Waals surface area contributed by atoms with Gasteiger partial charge in [0.15, 0.2) is 0 Å². The lowest BCUT2D eigenvalue weighted by Gasteiger charge is -2.14. The molecule has 0 radical (unpaired) electrons. The van der Waals surface area contributed by atoms with Gasteiger partial charge >= 0.3 is 5.69 Å². The maximum Gasteiger partial charge on any atom is 0.368 e. The molecular formula is C22H22ClN7O3. The normalized spacial score (nSPS) is 11.1. The molecule has 0 unspecified atom stereocenters. The lowest BCUT2D eigenvalue weighted by molar-refractivity contribution is 0.0991. The number of carbonyl (C=O) groups is 1. The van der Waals surface area contributed by atoms with Crippen molar-refractivity contribution < 1.29 is 9.53 Å². The number of aromatic nitrogens is 6. The predicted molar refractivity (Wildman–Crippen MR) is 123 cm³/mol. The topological polar surface area (TPSA) is 123 Å². The van der Waals surface area contributed by atoms with Crippen LogP contribution >= 0.6 is 11.6 Å². The van der Waals surface area contributed by atoms with Crippen molar-refractivity contribution in [1.82, 2.24) is 29.6 Å². The van der Waals surface area contributed by atoms with E-state index in [4.69, 9.17) is 22.1 Å². The molecule has 0 spiro atoms. The highest BCUT2D eigenvalue weighted by Gasteiger charge is 2.19. The van der Waals surface area contributed by atoms with Gasteiger partial charge in [0.2, 0.25) is 0 Å². The highest BCUT2D eigenvalue weighted by molar-refractivity contribution is 6.31. The van der Waals surface area contributed by atoms with E-state index in [-0.39, 0.29) is 12.3 Å². The van der Waals surface area contributed by atoms with Crippen LogP contribution in [0.15, 0.2) is 41.2 Å². The number of aryl methyl sites for hydroxylation is 3. The van der Waals surface area contributed by atoms with E-state index in [0.717, 1.165) is 15.8 Å². The molecule has 4 aromatic rings. The first kappa shape index (κ1) is 22.3. The van der Waals surface area contributed by atoms with Gasteiger partial charge in [0, 0.05) is 35.8 Å². The standard InChI is InChI=1S/C22H22ClN7O3/c1-12-10-14(19-13(2)20(21(24)31)28(3)25-19)8-9-18(12)33-11-15-16(23)6-5-7-17(15)30-22(32)29(4)26-27-30/h5-10H,11H2,1-4H3,(H2,24,31). The van der Waals surface area contributed by atoms with E-state index in [1.165, 1.54) is 16.4 Å². The molecule has 0 atom stereocenters. The van der Waals surface area contributed by atoms with Crippen molar-refractivity contribution in [2.75, 3.05) is 0 Å². The van der Waals surface area contributed by atoms with E-state index in [1.807, 2.05) is 32.0 Å². The molecule has 0 saturated heterocycles. The van der Waals surface area contributed by atoms with Crippen LogP contribution in [0.25, 0.3) is 16.9 Å². The Labute approximate surface area is 194 Å². The van der Waals surface area contributed by atoms with Gasteiger partial charge in [0.25, 0.3) is 5.91 Å². The maximum absolute atomic E-state index is 12.3. The fraction of sp³-hybridized carbons (Fsp3) is 0.227. The lowest BCUT2D eigenvalue weighted by Crippen LogP contribution is -2.23. The molecule has 2 aromatic heterocycles. The Kier molecular flexibility index (Phi) is 5.77. The van der Waals surface area contributed by atoms with Gasteiger partial charge in [-0.05, 0) is 60.2 Å². The smallest absolute Gasteiger partial charge is 0.368 e. The molecule has 0 aliphatic carbocycles. The molecule has 33 heavy (non-hydrogen) atoms. The first-order valence-corrected chi connectivity index (χ1v) is 10.4. The minimum atomic E-state index is -0.525. The number of benzene rings is 2. The summed E-state index contributed by atoms with van der Waals surface area (Å²) >= 11 is 6.41. The molecule has 1 amide bonds. The lowest BCUT2D eigenvalue weighted by atomic mass is 10.0. The largest absolute Gasteiger partial charge is 0.488 e. The third-order valence-corrected chi connectivity index (χ3v) is 5.74. The van der Waals surface area contributed by atoms with Crippen LogP contribution in [-0.4, -0.2) is 35.5 Å². The minimum Gasteiger partial charge on any atom is -0.488 e. The summed E-state index contributed by atoms with van der Waals surface area (Å²) in [5.74, 6) is 0.114. The van der Waals surface area contributed by atoms with Crippen molar-refractivity contribution in [3.05, 3.63) is 74.3 Å². The van der Waals surface area contributed by atoms with Crippen LogP contribution < -0.4 is 16.2 Å². The molecule has 4 rings (SSSR count). The summed E-state index contributed by atoms with van der Waals surface area (Å²) in [6.45, 7) is 3.84. The number of carbonyl (C=O) groups excluding carboxylic acids is 1. The molecule has 11 heteroatoms. The molecule has 2 N–H and O–H groups in total. The van der Waals surface area contributed by atoms with Crippen molar-refractivity contribution >= 4 is 17.5 Å². The number of tetrazole rings is 1. The fourth-order valence-electron chi connectivity index (χ4n) is 3.71. The van der Waals surface area contributed by atoms with Gasteiger partial charge in [-0.25, -0.2) is 4.79 Å². The summed E-state index contributed by atoms with van der Waals surface area (Å²) in [6, 6.07) is 10.8. The van der Waals surface area contributed by atoms with Crippen LogP contribution in [0.5, 0.6) is 5.75 Å². The summed E-state index contributed by atoms with van der Waals surface area (Å²) in [5, 5.41) is 12.5. The number of hydrogen-bond acceptors (Lipinski definition) is 6. The number of amides is 1. The molecule has 0 fully saturated rings. The summed E-state index contributed by atoms with van der Waals surface area (Å²) in [5.41, 5.74) is 9.65. The number of ether oxygens (including phenoxy) is 1. The second kappa shape index (κ2) is 8.55. The number of halogens is 1. The van der Waals surface area contributed by atoms with E-state index in [0.29, 0.717) is 39.0 Å². The third kappa shape index (κ3) is 4.00. The maximum atomic E-state index is 12.3. The van der Waals surface area contributed by atoms with Crippen LogP contribution in [0.3, 0.4) is 0 Å². The molecular weight excluding hydrogens is 446 g/mol. The van der Waals surface area contributed by atoms with E-state index in [9.17, 15) is 9.59 Å². The number of hydrogen-bond donors (Lipinski definition) is 1. The van der Waals surface area contributed by atoms with E-state index >= 15 is 0 Å². The quantitative estimate of drug-likeness (QED) is 0.464. The van der Waals surface area contributed by atoms with Crippen molar-refractivity contribution in [2.45, 2.75) is 20.5 Å². The summed E-state index contributed by atoms with van der Waals surface area (Å²) in [6.07, 6.45) is 0. The Hall–Kier alpha value is -3.92. The first-order chi connectivity index (χ1) is 15.7. The van der Waals surface area contributed by atoms with Crippen LogP contribution in [0.2, 0.25) is 5.02 Å². The SMILES string of the molecule is Cc1cc(-c2nn(C)c(C(N)=O)c2C)ccc1OCc1c(Cl)cccc1-n1nnn(C)c1=O. The first-order valence-electron chi connectivity index (χ1n) is 10.0. The fourth-order valence-corrected chi connectivity index (χ4v) is 3.93. The molecule has 2 aromatic carbocycles. The van der Waals surface area contributed by atoms with Gasteiger partial charge in [-0.3, -0.25) is 9.48 Å². The van der Waals surface area contributed by atoms with E-state index < -0.39 is 5.91 Å². The van der Waals surface area contributed by atoms with Crippen molar-refractivity contribution in [3.63, 3.8) is 0 Å². The Morgan fingerprint density at radius 3 is 2.48 bits per heavy atom. The molecule has 10 nitrogen and oxygen atoms in total. The molecule has 0 bridgehead atoms. The van der Waals surface area contributed by atoms with Gasteiger partial charge < -0.3 is 10.5 Å². The molecule has 0 saturated carbocycles. The van der Waals surface area contributed by atoms with E-state index in [2.05, 4.69) is 15.5 Å². The van der Waals surface area contributed by atoms with Crippen molar-refractivity contribution in [2.24, 2.45) is 19.8 Å². The number of rotatable bonds is 6. The van der Waals surface area contributed by atoms with Crippen molar-refractivity contribution in [1.29, 1.82) is 0 Å². The van der Waals surface area contributed by atoms with Gasteiger partial charge in [-0.1, -0.05) is 17.7 Å². The van der Waals surface area contributed by atoms with E-state index in [1.54, 1.807) is 25.2 Å². The Morgan fingerprint density at radius 2 is 1.88 bits per heavy atom. The van der Waals surface area contributed by atoms with Gasteiger partial charge in [-0.15, -0.1) is 0 Å². The Bertz CT molecular complexity index is 1430. The Morgan fingerprint density at radius 1 is 1.12 bits per heavy atom. The molecule has 170 valence electrons. The van der Waals surface area contributed by atoms with Crippen molar-refractivity contribution in [3.8, 4) is 22.7 Å². The van der Waals surface area contributed by atoms with Gasteiger partial charge in [0.1, 0.15) is 18.1 Å². The zero-order valence-electron chi connectivity index (χ0n) is 18.5. The second-order valence-electron chi connectivity index (χ2n) is 7.61. The van der Waals surface area contributed by atoms with Gasteiger partial charge in [-0.2, -0.15) is 14.5 Å². The predicted octanol–water partition coefficient (Wildman–Crippen LogP) is 2.31. The highest BCUT2D eigenvalue weighted by atomic mass is 35.5. The highest BCUT2D eigenvalue weighted by Crippen LogP contribution is 2.30. The summed E-state index contributed by atoms with van der Waals surface area (Å²) in [4.78, 5) is 24.0. The Balaban J connectivity index is 1.63. The molecule has 0 aliphatic rings. The average Bonchev–Trinajstić information content (AvgIpc) is 3.25. The number of primary amides is 1. The van der Waals surface area contributed by atoms with Gasteiger partial charge in [0.05, 0.1) is 11.4 Å². The van der Waals surface area contributed by atoms with Crippen LogP contribution in [0.4, 0.5) is 0 Å². The summed E-state index contributed by atoms with van der Waals surface area (Å²) in [7, 11) is 3.21. The van der Waals surface area contributed by atoms with Crippen LogP contribution in [-0.2, 0) is 20.7 Å². The number of nitrogens with two attached hydrogens (primary N) is 1. The molecule has 0 aliphatic heterocycles. The average molecular weight is 468 g/mol. The van der Waals surface area contributed by atoms with Crippen LogP contribution in [0, 0.1) is 13.8 Å². The monoisotopic (exact) mass is 467 g/mol. The molecule has 2 heterocycles. The third-order valence-electron chi connectivity index (χ3n) is 5.38. The minimum absolute atomic E-state index is 0.118. The zero-order chi connectivity index (χ0) is 23.9. The number of nitrogens with zero attached hydrogens (tertiary/aromatic N) is 6. The second-order valence-corrected chi connectivity index (χ2v) is 8.02. The zero-order valence-corrected chi connectivity index (χ0v) is 19.3.